The zero-order valence-electron chi connectivity index (χ0n) is 18.1. The first-order valence-electron chi connectivity index (χ1n) is 11.5. The third-order valence-corrected chi connectivity index (χ3v) is 6.54. The number of benzene rings is 1. The van der Waals surface area contributed by atoms with Gasteiger partial charge in [0.25, 0.3) is 5.91 Å². The molecule has 2 aromatic rings. The van der Waals surface area contributed by atoms with E-state index in [0.717, 1.165) is 43.6 Å². The predicted molar refractivity (Wildman–Crippen MR) is 121 cm³/mol. The van der Waals surface area contributed by atoms with Gasteiger partial charge in [0, 0.05) is 56.6 Å². The molecule has 1 N–H and O–H groups in total. The van der Waals surface area contributed by atoms with E-state index in [1.807, 2.05) is 53.4 Å². The second-order valence-electron chi connectivity index (χ2n) is 8.55. The predicted octanol–water partition coefficient (Wildman–Crippen LogP) is 2.76. The van der Waals surface area contributed by atoms with Crippen LogP contribution in [0.3, 0.4) is 0 Å². The number of nitrogens with one attached hydrogen (secondary N) is 1. The molecule has 31 heavy (non-hydrogen) atoms. The van der Waals surface area contributed by atoms with Crippen molar-refractivity contribution in [3.63, 3.8) is 0 Å². The van der Waals surface area contributed by atoms with Gasteiger partial charge in [-0.25, -0.2) is 0 Å². The smallest absolute Gasteiger partial charge is 0.253 e. The lowest BCUT2D eigenvalue weighted by atomic mass is 9.95. The molecule has 1 aromatic carbocycles. The van der Waals surface area contributed by atoms with Crippen molar-refractivity contribution in [3.8, 4) is 0 Å². The molecule has 1 aliphatic carbocycles. The molecule has 1 aliphatic heterocycles. The van der Waals surface area contributed by atoms with Crippen LogP contribution in [0.5, 0.6) is 0 Å². The minimum absolute atomic E-state index is 0.0810. The molecule has 2 amide bonds. The Morgan fingerprint density at radius 3 is 2.35 bits per heavy atom. The highest BCUT2D eigenvalue weighted by atomic mass is 16.2. The number of aromatic nitrogens is 1. The zero-order valence-corrected chi connectivity index (χ0v) is 18.1. The molecule has 0 radical (unpaired) electrons. The van der Waals surface area contributed by atoms with E-state index in [4.69, 9.17) is 0 Å². The number of carbonyl (C=O) groups is 2. The summed E-state index contributed by atoms with van der Waals surface area (Å²) in [6, 6.07) is 15.2. The van der Waals surface area contributed by atoms with Crippen LogP contribution in [0.25, 0.3) is 0 Å². The van der Waals surface area contributed by atoms with Crippen LogP contribution in [0.1, 0.15) is 41.7 Å². The van der Waals surface area contributed by atoms with E-state index in [0.29, 0.717) is 25.6 Å². The number of carbonyl (C=O) groups excluding carboxylic acids is 2. The number of nitrogens with zero attached hydrogens (tertiary/aromatic N) is 3. The molecule has 1 unspecified atom stereocenters. The molecule has 1 saturated carbocycles. The summed E-state index contributed by atoms with van der Waals surface area (Å²) in [6.45, 7) is 3.42. The molecule has 1 atom stereocenters. The monoisotopic (exact) mass is 420 g/mol. The van der Waals surface area contributed by atoms with Gasteiger partial charge in [-0.1, -0.05) is 37.1 Å². The van der Waals surface area contributed by atoms with Crippen molar-refractivity contribution in [1.29, 1.82) is 0 Å². The molecule has 6 heteroatoms. The van der Waals surface area contributed by atoms with Gasteiger partial charge in [-0.15, -0.1) is 0 Å². The first kappa shape index (κ1) is 21.5. The van der Waals surface area contributed by atoms with Crippen LogP contribution < -0.4 is 5.32 Å². The fraction of sp³-hybridized carbons (Fsp3) is 0.480. The third-order valence-electron chi connectivity index (χ3n) is 6.54. The Morgan fingerprint density at radius 2 is 1.68 bits per heavy atom. The van der Waals surface area contributed by atoms with Crippen molar-refractivity contribution in [1.82, 2.24) is 20.1 Å². The summed E-state index contributed by atoms with van der Waals surface area (Å²) in [6.07, 6.45) is 7.16. The summed E-state index contributed by atoms with van der Waals surface area (Å²) in [7, 11) is 0. The Kier molecular flexibility index (Phi) is 7.30. The van der Waals surface area contributed by atoms with E-state index < -0.39 is 0 Å². The molecular weight excluding hydrogens is 388 g/mol. The molecule has 164 valence electrons. The lowest BCUT2D eigenvalue weighted by Crippen LogP contribution is -2.58. The highest BCUT2D eigenvalue weighted by Crippen LogP contribution is 2.31. The van der Waals surface area contributed by atoms with E-state index >= 15 is 0 Å². The van der Waals surface area contributed by atoms with Gasteiger partial charge < -0.3 is 10.2 Å². The van der Waals surface area contributed by atoms with Crippen LogP contribution in [0, 0.1) is 5.92 Å². The summed E-state index contributed by atoms with van der Waals surface area (Å²) in [5, 5.41) is 3.16. The van der Waals surface area contributed by atoms with Crippen molar-refractivity contribution in [2.24, 2.45) is 5.92 Å². The second kappa shape index (κ2) is 10.5. The van der Waals surface area contributed by atoms with Crippen molar-refractivity contribution in [3.05, 3.63) is 66.0 Å². The van der Waals surface area contributed by atoms with Gasteiger partial charge >= 0.3 is 0 Å². The molecule has 2 heterocycles. The van der Waals surface area contributed by atoms with Crippen LogP contribution in [0.2, 0.25) is 0 Å². The number of hydrogen-bond donors (Lipinski definition) is 1. The summed E-state index contributed by atoms with van der Waals surface area (Å²) < 4.78 is 0. The maximum absolute atomic E-state index is 13.2. The molecule has 6 nitrogen and oxygen atoms in total. The van der Waals surface area contributed by atoms with Gasteiger partial charge in [-0.05, 0) is 43.0 Å². The highest BCUT2D eigenvalue weighted by Gasteiger charge is 2.37. The highest BCUT2D eigenvalue weighted by molar-refractivity contribution is 5.94. The Labute approximate surface area is 184 Å². The van der Waals surface area contributed by atoms with Crippen LogP contribution in [-0.2, 0) is 11.2 Å². The number of amides is 2. The van der Waals surface area contributed by atoms with E-state index in [-0.39, 0.29) is 17.9 Å². The Hall–Kier alpha value is -2.73. The van der Waals surface area contributed by atoms with Crippen LogP contribution in [-0.4, -0.2) is 65.4 Å². The lowest BCUT2D eigenvalue weighted by molar-refractivity contribution is -0.129. The molecule has 2 aliphatic rings. The van der Waals surface area contributed by atoms with E-state index in [1.54, 1.807) is 6.20 Å². The van der Waals surface area contributed by atoms with Crippen molar-refractivity contribution >= 4 is 11.8 Å². The number of rotatable bonds is 7. The molecule has 2 fully saturated rings. The lowest BCUT2D eigenvalue weighted by Gasteiger charge is -2.40. The Morgan fingerprint density at radius 1 is 0.968 bits per heavy atom. The largest absolute Gasteiger partial charge is 0.354 e. The van der Waals surface area contributed by atoms with Gasteiger partial charge in [0.15, 0.2) is 0 Å². The second-order valence-corrected chi connectivity index (χ2v) is 8.55. The summed E-state index contributed by atoms with van der Waals surface area (Å²) in [5.41, 5.74) is 1.73. The van der Waals surface area contributed by atoms with Gasteiger partial charge in [0.2, 0.25) is 5.91 Å². The third kappa shape index (κ3) is 5.50. The fourth-order valence-electron chi connectivity index (χ4n) is 4.88. The van der Waals surface area contributed by atoms with Crippen molar-refractivity contribution in [2.75, 3.05) is 32.7 Å². The average molecular weight is 421 g/mol. The summed E-state index contributed by atoms with van der Waals surface area (Å²) in [5.74, 6) is 0.620. The summed E-state index contributed by atoms with van der Waals surface area (Å²) >= 11 is 0. The van der Waals surface area contributed by atoms with Gasteiger partial charge in [0.05, 0.1) is 6.04 Å². The first-order valence-corrected chi connectivity index (χ1v) is 11.5. The van der Waals surface area contributed by atoms with E-state index in [1.165, 1.54) is 12.8 Å². The SMILES string of the molecule is O=C(NCCc1ccccn1)C(C1CCCC1)N1CCN(C(=O)c2ccccc2)CC1. The van der Waals surface area contributed by atoms with Crippen molar-refractivity contribution < 1.29 is 9.59 Å². The van der Waals surface area contributed by atoms with E-state index in [9.17, 15) is 9.59 Å². The van der Waals surface area contributed by atoms with Crippen molar-refractivity contribution in [2.45, 2.75) is 38.1 Å². The van der Waals surface area contributed by atoms with E-state index in [2.05, 4.69) is 15.2 Å². The van der Waals surface area contributed by atoms with Gasteiger partial charge in [-0.3, -0.25) is 19.5 Å². The quantitative estimate of drug-likeness (QED) is 0.748. The number of hydrogen-bond acceptors (Lipinski definition) is 4. The van der Waals surface area contributed by atoms with Gasteiger partial charge in [0.1, 0.15) is 0 Å². The Balaban J connectivity index is 1.34. The minimum Gasteiger partial charge on any atom is -0.354 e. The Bertz CT molecular complexity index is 844. The normalized spacial score (nSPS) is 18.6. The van der Waals surface area contributed by atoms with Crippen LogP contribution in [0.4, 0.5) is 0 Å². The summed E-state index contributed by atoms with van der Waals surface area (Å²) in [4.78, 5) is 34.5. The maximum Gasteiger partial charge on any atom is 0.253 e. The first-order chi connectivity index (χ1) is 15.2. The number of pyridine rings is 1. The fourth-order valence-corrected chi connectivity index (χ4v) is 4.88. The zero-order chi connectivity index (χ0) is 21.5. The average Bonchev–Trinajstić information content (AvgIpc) is 3.35. The molecule has 1 saturated heterocycles. The molecule has 4 rings (SSSR count). The van der Waals surface area contributed by atoms with Gasteiger partial charge in [-0.2, -0.15) is 0 Å². The van der Waals surface area contributed by atoms with Crippen LogP contribution in [0.15, 0.2) is 54.7 Å². The molecule has 1 aromatic heterocycles. The standard InChI is InChI=1S/C25H32N4O2/c30-24(27-15-13-22-12-6-7-14-26-22)23(20-8-4-5-9-20)28-16-18-29(19-17-28)25(31)21-10-2-1-3-11-21/h1-3,6-7,10-12,14,20,23H,4-5,8-9,13,15-19H2,(H,27,30). The number of piperazine rings is 1. The molecular formula is C25H32N4O2. The molecule has 0 bridgehead atoms. The van der Waals surface area contributed by atoms with Crippen LogP contribution >= 0.6 is 0 Å². The maximum atomic E-state index is 13.2. The minimum atomic E-state index is -0.0970. The molecule has 0 spiro atoms. The topological polar surface area (TPSA) is 65.5 Å².